The SMILES string of the molecule is O=C1CN(C(=O)c2cscn2)CCCN1. The summed E-state index contributed by atoms with van der Waals surface area (Å²) in [6.07, 6.45) is 0.793. The monoisotopic (exact) mass is 225 g/mol. The molecule has 1 fully saturated rings. The van der Waals surface area contributed by atoms with Gasteiger partial charge in [0, 0.05) is 18.5 Å². The third-order valence-electron chi connectivity index (χ3n) is 2.20. The predicted molar refractivity (Wildman–Crippen MR) is 55.6 cm³/mol. The summed E-state index contributed by atoms with van der Waals surface area (Å²) in [5, 5.41) is 4.42. The number of hydrogen-bond acceptors (Lipinski definition) is 4. The molecular formula is C9H11N3O2S. The number of rotatable bonds is 1. The fourth-order valence-corrected chi connectivity index (χ4v) is 1.99. The van der Waals surface area contributed by atoms with Crippen molar-refractivity contribution in [1.29, 1.82) is 0 Å². The molecule has 0 atom stereocenters. The van der Waals surface area contributed by atoms with Gasteiger partial charge in [-0.15, -0.1) is 11.3 Å². The Hall–Kier alpha value is -1.43. The van der Waals surface area contributed by atoms with Gasteiger partial charge in [0.25, 0.3) is 5.91 Å². The molecule has 0 aromatic carbocycles. The zero-order valence-electron chi connectivity index (χ0n) is 8.10. The smallest absolute Gasteiger partial charge is 0.273 e. The van der Waals surface area contributed by atoms with Crippen molar-refractivity contribution in [3.8, 4) is 0 Å². The van der Waals surface area contributed by atoms with E-state index in [4.69, 9.17) is 0 Å². The molecule has 5 nitrogen and oxygen atoms in total. The van der Waals surface area contributed by atoms with Crippen molar-refractivity contribution >= 4 is 23.2 Å². The van der Waals surface area contributed by atoms with Crippen molar-refractivity contribution in [2.75, 3.05) is 19.6 Å². The molecule has 6 heteroatoms. The number of thiazole rings is 1. The highest BCUT2D eigenvalue weighted by atomic mass is 32.1. The summed E-state index contributed by atoms with van der Waals surface area (Å²) in [6.45, 7) is 1.38. The second-order valence-corrected chi connectivity index (χ2v) is 4.02. The molecule has 2 rings (SSSR count). The molecule has 1 aromatic rings. The first-order valence-corrected chi connectivity index (χ1v) is 5.66. The number of aromatic nitrogens is 1. The Morgan fingerprint density at radius 3 is 3.20 bits per heavy atom. The van der Waals surface area contributed by atoms with Crippen LogP contribution in [0.2, 0.25) is 0 Å². The largest absolute Gasteiger partial charge is 0.354 e. The summed E-state index contributed by atoms with van der Waals surface area (Å²) in [5.41, 5.74) is 2.04. The van der Waals surface area contributed by atoms with Crippen LogP contribution in [0.4, 0.5) is 0 Å². The van der Waals surface area contributed by atoms with E-state index >= 15 is 0 Å². The first-order chi connectivity index (χ1) is 7.27. The Kier molecular flexibility index (Phi) is 2.96. The van der Waals surface area contributed by atoms with Crippen LogP contribution in [0.15, 0.2) is 10.9 Å². The van der Waals surface area contributed by atoms with E-state index in [0.717, 1.165) is 6.42 Å². The van der Waals surface area contributed by atoms with Crippen molar-refractivity contribution in [3.63, 3.8) is 0 Å². The van der Waals surface area contributed by atoms with Crippen LogP contribution in [-0.4, -0.2) is 41.3 Å². The Morgan fingerprint density at radius 2 is 2.47 bits per heavy atom. The van der Waals surface area contributed by atoms with Gasteiger partial charge in [0.2, 0.25) is 5.91 Å². The van der Waals surface area contributed by atoms with E-state index < -0.39 is 0 Å². The minimum Gasteiger partial charge on any atom is -0.354 e. The third-order valence-corrected chi connectivity index (χ3v) is 2.79. The topological polar surface area (TPSA) is 62.3 Å². The van der Waals surface area contributed by atoms with Gasteiger partial charge in [-0.05, 0) is 6.42 Å². The molecule has 1 aromatic heterocycles. The number of carbonyl (C=O) groups is 2. The lowest BCUT2D eigenvalue weighted by Gasteiger charge is -2.17. The second-order valence-electron chi connectivity index (χ2n) is 3.30. The number of amides is 2. The van der Waals surface area contributed by atoms with Gasteiger partial charge in [-0.2, -0.15) is 0 Å². The molecule has 0 unspecified atom stereocenters. The summed E-state index contributed by atoms with van der Waals surface area (Å²) in [5.74, 6) is -0.260. The molecule has 1 N–H and O–H groups in total. The quantitative estimate of drug-likeness (QED) is 0.737. The fraction of sp³-hybridized carbons (Fsp3) is 0.444. The molecule has 2 heterocycles. The maximum atomic E-state index is 11.8. The normalized spacial score (nSPS) is 17.1. The first-order valence-electron chi connectivity index (χ1n) is 4.71. The molecule has 0 aliphatic carbocycles. The molecule has 1 aliphatic rings. The van der Waals surface area contributed by atoms with Crippen LogP contribution in [-0.2, 0) is 4.79 Å². The van der Waals surface area contributed by atoms with Gasteiger partial charge in [-0.3, -0.25) is 9.59 Å². The third kappa shape index (κ3) is 2.33. The highest BCUT2D eigenvalue weighted by Crippen LogP contribution is 2.07. The number of nitrogens with one attached hydrogen (secondary N) is 1. The van der Waals surface area contributed by atoms with E-state index in [-0.39, 0.29) is 18.4 Å². The summed E-state index contributed by atoms with van der Waals surface area (Å²) in [7, 11) is 0. The van der Waals surface area contributed by atoms with Crippen LogP contribution in [0.1, 0.15) is 16.9 Å². The summed E-state index contributed by atoms with van der Waals surface area (Å²) in [6, 6.07) is 0. The van der Waals surface area contributed by atoms with Gasteiger partial charge in [0.1, 0.15) is 5.69 Å². The maximum Gasteiger partial charge on any atom is 0.273 e. The average molecular weight is 225 g/mol. The van der Waals surface area contributed by atoms with Crippen LogP contribution in [0.25, 0.3) is 0 Å². The van der Waals surface area contributed by atoms with Crippen molar-refractivity contribution in [1.82, 2.24) is 15.2 Å². The fourth-order valence-electron chi connectivity index (χ4n) is 1.46. The Labute approximate surface area is 91.1 Å². The van der Waals surface area contributed by atoms with E-state index in [0.29, 0.717) is 18.8 Å². The Morgan fingerprint density at radius 1 is 1.60 bits per heavy atom. The second kappa shape index (κ2) is 4.39. The summed E-state index contributed by atoms with van der Waals surface area (Å²) in [4.78, 5) is 28.6. The molecule has 15 heavy (non-hydrogen) atoms. The number of hydrogen-bond donors (Lipinski definition) is 1. The van der Waals surface area contributed by atoms with Crippen LogP contribution in [0.5, 0.6) is 0 Å². The van der Waals surface area contributed by atoms with Gasteiger partial charge in [0.05, 0.1) is 12.1 Å². The average Bonchev–Trinajstić information content (AvgIpc) is 2.67. The van der Waals surface area contributed by atoms with Crippen molar-refractivity contribution in [3.05, 3.63) is 16.6 Å². The van der Waals surface area contributed by atoms with Gasteiger partial charge in [-0.1, -0.05) is 0 Å². The van der Waals surface area contributed by atoms with Crippen molar-refractivity contribution in [2.24, 2.45) is 0 Å². The van der Waals surface area contributed by atoms with E-state index in [1.165, 1.54) is 16.2 Å². The lowest BCUT2D eigenvalue weighted by molar-refractivity contribution is -0.121. The molecular weight excluding hydrogens is 214 g/mol. The zero-order chi connectivity index (χ0) is 10.7. The zero-order valence-corrected chi connectivity index (χ0v) is 8.92. The van der Waals surface area contributed by atoms with E-state index in [9.17, 15) is 9.59 Å². The molecule has 1 saturated heterocycles. The summed E-state index contributed by atoms with van der Waals surface area (Å²) >= 11 is 1.38. The van der Waals surface area contributed by atoms with Crippen LogP contribution in [0.3, 0.4) is 0 Å². The molecule has 2 amide bonds. The Bertz CT molecular complexity index is 363. The van der Waals surface area contributed by atoms with Crippen LogP contribution >= 0.6 is 11.3 Å². The van der Waals surface area contributed by atoms with Crippen molar-refractivity contribution in [2.45, 2.75) is 6.42 Å². The molecule has 0 bridgehead atoms. The van der Waals surface area contributed by atoms with Crippen molar-refractivity contribution < 1.29 is 9.59 Å². The minimum atomic E-state index is -0.159. The van der Waals surface area contributed by atoms with Gasteiger partial charge >= 0.3 is 0 Å². The lowest BCUT2D eigenvalue weighted by atomic mass is 10.3. The van der Waals surface area contributed by atoms with Gasteiger partial charge in [-0.25, -0.2) is 4.98 Å². The van der Waals surface area contributed by atoms with Crippen LogP contribution in [0, 0.1) is 0 Å². The molecule has 0 saturated carbocycles. The Balaban J connectivity index is 2.09. The molecule has 0 spiro atoms. The number of carbonyl (C=O) groups excluding carboxylic acids is 2. The van der Waals surface area contributed by atoms with Gasteiger partial charge < -0.3 is 10.2 Å². The van der Waals surface area contributed by atoms with E-state index in [2.05, 4.69) is 10.3 Å². The van der Waals surface area contributed by atoms with Crippen LogP contribution < -0.4 is 5.32 Å². The molecule has 1 aliphatic heterocycles. The standard InChI is InChI=1S/C9H11N3O2S/c13-8-4-12(3-1-2-10-8)9(14)7-5-15-6-11-7/h5-6H,1-4H2,(H,10,13). The highest BCUT2D eigenvalue weighted by molar-refractivity contribution is 7.07. The maximum absolute atomic E-state index is 11.8. The molecule has 0 radical (unpaired) electrons. The van der Waals surface area contributed by atoms with E-state index in [1.807, 2.05) is 0 Å². The van der Waals surface area contributed by atoms with E-state index in [1.54, 1.807) is 10.9 Å². The minimum absolute atomic E-state index is 0.101. The first kappa shape index (κ1) is 10.1. The lowest BCUT2D eigenvalue weighted by Crippen LogP contribution is -2.37. The molecule has 80 valence electrons. The summed E-state index contributed by atoms with van der Waals surface area (Å²) < 4.78 is 0. The predicted octanol–water partition coefficient (Wildman–Crippen LogP) is 0.105. The highest BCUT2D eigenvalue weighted by Gasteiger charge is 2.21. The number of nitrogens with zero attached hydrogens (tertiary/aromatic N) is 2. The van der Waals surface area contributed by atoms with Gasteiger partial charge in [0.15, 0.2) is 0 Å².